The first-order chi connectivity index (χ1) is 17.1. The number of sulfonamides is 1. The van der Waals surface area contributed by atoms with E-state index in [0.29, 0.717) is 6.42 Å². The Bertz CT molecular complexity index is 1070. The quantitative estimate of drug-likeness (QED) is 0.452. The first kappa shape index (κ1) is 28.3. The molecular formula is C26H36N2O6S2. The minimum Gasteiger partial charge on any atom is -0.508 e. The highest BCUT2D eigenvalue weighted by Gasteiger charge is 2.35. The number of phenols is 1. The van der Waals surface area contributed by atoms with Gasteiger partial charge in [0, 0.05) is 25.9 Å². The lowest BCUT2D eigenvalue weighted by atomic mass is 10.00. The Morgan fingerprint density at radius 1 is 1.11 bits per heavy atom. The van der Waals surface area contributed by atoms with Crippen molar-refractivity contribution >= 4 is 27.9 Å². The van der Waals surface area contributed by atoms with Gasteiger partial charge in [-0.1, -0.05) is 44.2 Å². The summed E-state index contributed by atoms with van der Waals surface area (Å²) in [6, 6.07) is 14.1. The summed E-state index contributed by atoms with van der Waals surface area (Å²) in [6.45, 7) is 3.79. The van der Waals surface area contributed by atoms with Crippen LogP contribution < -0.4 is 0 Å². The van der Waals surface area contributed by atoms with Crippen molar-refractivity contribution in [1.82, 2.24) is 9.21 Å². The molecule has 1 amide bonds. The number of aliphatic hydroxyl groups excluding tert-OH is 1. The van der Waals surface area contributed by atoms with Crippen LogP contribution in [0, 0.1) is 5.92 Å². The van der Waals surface area contributed by atoms with Gasteiger partial charge in [-0.3, -0.25) is 0 Å². The standard InChI is InChI=1S/C26H36N2O6S2/c1-19(2)16-28(36(32,33)23-11-9-21(29)10-12-23)17-25(30)24(15-20-7-5-4-6-8-20)27(3)26(31)34-22-13-14-35-18-22/h4-12,19,22,24-25,29-30H,13-18H2,1-3H3/t22-,24-,25+/m0/s1. The van der Waals surface area contributed by atoms with Crippen molar-refractivity contribution in [3.05, 3.63) is 60.2 Å². The second-order valence-corrected chi connectivity index (χ2v) is 12.6. The highest BCUT2D eigenvalue weighted by atomic mass is 32.2. The number of phenolic OH excluding ortho intramolecular Hbond substituents is 1. The molecular weight excluding hydrogens is 500 g/mol. The molecule has 3 atom stereocenters. The minimum absolute atomic E-state index is 0.000718. The van der Waals surface area contributed by atoms with Gasteiger partial charge in [0.05, 0.1) is 17.0 Å². The number of likely N-dealkylation sites (N-methyl/N-ethyl adjacent to an activating group) is 1. The summed E-state index contributed by atoms with van der Waals surface area (Å²) >= 11 is 1.73. The molecule has 0 spiro atoms. The van der Waals surface area contributed by atoms with Gasteiger partial charge in [0.25, 0.3) is 0 Å². The third kappa shape index (κ3) is 7.61. The van der Waals surface area contributed by atoms with E-state index in [2.05, 4.69) is 0 Å². The number of hydrogen-bond donors (Lipinski definition) is 2. The number of hydrogen-bond acceptors (Lipinski definition) is 7. The average molecular weight is 537 g/mol. The summed E-state index contributed by atoms with van der Waals surface area (Å²) in [5.74, 6) is 1.66. The fourth-order valence-corrected chi connectivity index (χ4v) is 6.84. The van der Waals surface area contributed by atoms with E-state index in [1.54, 1.807) is 18.8 Å². The van der Waals surface area contributed by atoms with Gasteiger partial charge in [-0.2, -0.15) is 16.1 Å². The summed E-state index contributed by atoms with van der Waals surface area (Å²) in [6.07, 6.45) is -0.734. The Kier molecular flexibility index (Phi) is 10.1. The van der Waals surface area contributed by atoms with Crippen LogP contribution >= 0.6 is 11.8 Å². The van der Waals surface area contributed by atoms with Gasteiger partial charge in [-0.05, 0) is 54.3 Å². The minimum atomic E-state index is -3.95. The van der Waals surface area contributed by atoms with Gasteiger partial charge in [-0.15, -0.1) is 0 Å². The lowest BCUT2D eigenvalue weighted by Crippen LogP contribution is -2.52. The molecule has 0 bridgehead atoms. The van der Waals surface area contributed by atoms with Crippen molar-refractivity contribution in [1.29, 1.82) is 0 Å². The molecule has 2 N–H and O–H groups in total. The zero-order chi connectivity index (χ0) is 26.3. The van der Waals surface area contributed by atoms with Crippen molar-refractivity contribution < 1.29 is 28.2 Å². The molecule has 0 aromatic heterocycles. The summed E-state index contributed by atoms with van der Waals surface area (Å²) < 4.78 is 33.8. The molecule has 10 heteroatoms. The average Bonchev–Trinajstić information content (AvgIpc) is 3.35. The van der Waals surface area contributed by atoms with Crippen LogP contribution in [0.25, 0.3) is 0 Å². The van der Waals surface area contributed by atoms with Crippen LogP contribution in [0.4, 0.5) is 4.79 Å². The molecule has 0 saturated carbocycles. The molecule has 0 aliphatic carbocycles. The first-order valence-corrected chi connectivity index (χ1v) is 14.7. The van der Waals surface area contributed by atoms with E-state index in [1.165, 1.54) is 33.5 Å². The van der Waals surface area contributed by atoms with Crippen molar-refractivity contribution in [3.8, 4) is 5.75 Å². The number of aliphatic hydroxyl groups is 1. The molecule has 3 rings (SSSR count). The van der Waals surface area contributed by atoms with Crippen LogP contribution in [0.1, 0.15) is 25.8 Å². The number of nitrogens with zero attached hydrogens (tertiary/aromatic N) is 2. The Morgan fingerprint density at radius 2 is 1.78 bits per heavy atom. The van der Waals surface area contributed by atoms with E-state index in [0.717, 1.165) is 23.5 Å². The van der Waals surface area contributed by atoms with E-state index < -0.39 is 28.3 Å². The van der Waals surface area contributed by atoms with E-state index in [1.807, 2.05) is 44.2 Å². The van der Waals surface area contributed by atoms with E-state index in [-0.39, 0.29) is 35.8 Å². The van der Waals surface area contributed by atoms with E-state index >= 15 is 0 Å². The Hall–Kier alpha value is -2.27. The first-order valence-electron chi connectivity index (χ1n) is 12.1. The number of rotatable bonds is 11. The van der Waals surface area contributed by atoms with Crippen molar-refractivity contribution in [3.63, 3.8) is 0 Å². The smallest absolute Gasteiger partial charge is 0.410 e. The van der Waals surface area contributed by atoms with Crippen LogP contribution in [0.2, 0.25) is 0 Å². The molecule has 0 unspecified atom stereocenters. The Labute approximate surface area is 218 Å². The van der Waals surface area contributed by atoms with Crippen LogP contribution in [0.3, 0.4) is 0 Å². The predicted molar refractivity (Wildman–Crippen MR) is 142 cm³/mol. The zero-order valence-corrected chi connectivity index (χ0v) is 22.6. The van der Waals surface area contributed by atoms with E-state index in [9.17, 15) is 23.4 Å². The predicted octanol–water partition coefficient (Wildman–Crippen LogP) is 3.59. The summed E-state index contributed by atoms with van der Waals surface area (Å²) in [4.78, 5) is 14.4. The molecule has 1 aliphatic rings. The molecule has 1 saturated heterocycles. The number of carbonyl (C=O) groups is 1. The highest BCUT2D eigenvalue weighted by molar-refractivity contribution is 7.99. The van der Waals surface area contributed by atoms with E-state index in [4.69, 9.17) is 4.74 Å². The number of thioether (sulfide) groups is 1. The fraction of sp³-hybridized carbons (Fsp3) is 0.500. The largest absolute Gasteiger partial charge is 0.508 e. The maximum absolute atomic E-state index is 13.5. The highest BCUT2D eigenvalue weighted by Crippen LogP contribution is 2.24. The zero-order valence-electron chi connectivity index (χ0n) is 21.0. The van der Waals surface area contributed by atoms with Gasteiger partial charge in [0.15, 0.2) is 0 Å². The van der Waals surface area contributed by atoms with Crippen LogP contribution in [-0.4, -0.2) is 83.8 Å². The topological polar surface area (TPSA) is 107 Å². The Morgan fingerprint density at radius 3 is 2.36 bits per heavy atom. The van der Waals surface area contributed by atoms with Gasteiger partial charge in [0.2, 0.25) is 10.0 Å². The second kappa shape index (κ2) is 12.8. The number of benzene rings is 2. The van der Waals surface area contributed by atoms with Gasteiger partial charge in [0.1, 0.15) is 11.9 Å². The van der Waals surface area contributed by atoms with Gasteiger partial charge < -0.3 is 19.8 Å². The number of carbonyl (C=O) groups excluding carboxylic acids is 1. The third-order valence-corrected chi connectivity index (χ3v) is 9.08. The molecule has 1 aliphatic heterocycles. The molecule has 0 radical (unpaired) electrons. The molecule has 198 valence electrons. The third-order valence-electron chi connectivity index (χ3n) is 6.11. The SMILES string of the molecule is CC(C)CN(C[C@@H](O)[C@H](Cc1ccccc1)N(C)C(=O)O[C@H]1CCSC1)S(=O)(=O)c1ccc(O)cc1. The summed E-state index contributed by atoms with van der Waals surface area (Å²) in [7, 11) is -2.37. The van der Waals surface area contributed by atoms with Crippen molar-refractivity contribution in [2.24, 2.45) is 5.92 Å². The van der Waals surface area contributed by atoms with Crippen LogP contribution in [0.5, 0.6) is 5.75 Å². The summed E-state index contributed by atoms with van der Waals surface area (Å²) in [5.41, 5.74) is 0.912. The monoisotopic (exact) mass is 536 g/mol. The maximum atomic E-state index is 13.5. The second-order valence-electron chi connectivity index (χ2n) is 9.51. The van der Waals surface area contributed by atoms with Crippen molar-refractivity contribution in [2.75, 3.05) is 31.6 Å². The van der Waals surface area contributed by atoms with Crippen LogP contribution in [0.15, 0.2) is 59.5 Å². The number of amides is 1. The fourth-order valence-electron chi connectivity index (χ4n) is 4.13. The maximum Gasteiger partial charge on any atom is 0.410 e. The molecule has 8 nitrogen and oxygen atoms in total. The normalized spacial score (nSPS) is 17.8. The lowest BCUT2D eigenvalue weighted by Gasteiger charge is -2.35. The summed E-state index contributed by atoms with van der Waals surface area (Å²) in [5, 5.41) is 21.0. The van der Waals surface area contributed by atoms with Gasteiger partial charge >= 0.3 is 6.09 Å². The molecule has 1 heterocycles. The van der Waals surface area contributed by atoms with Crippen LogP contribution in [-0.2, 0) is 21.2 Å². The van der Waals surface area contributed by atoms with Crippen molar-refractivity contribution in [2.45, 2.75) is 49.8 Å². The molecule has 1 fully saturated rings. The molecule has 2 aromatic carbocycles. The number of aromatic hydroxyl groups is 1. The van der Waals surface area contributed by atoms with Gasteiger partial charge in [-0.25, -0.2) is 13.2 Å². The molecule has 36 heavy (non-hydrogen) atoms. The Balaban J connectivity index is 1.85. The molecule has 2 aromatic rings. The lowest BCUT2D eigenvalue weighted by molar-refractivity contribution is 0.0243. The number of ether oxygens (including phenoxy) is 1.